The van der Waals surface area contributed by atoms with Gasteiger partial charge < -0.3 is 5.32 Å². The quantitative estimate of drug-likeness (QED) is 0.712. The van der Waals surface area contributed by atoms with E-state index in [0.29, 0.717) is 0 Å². The molecule has 0 unspecified atom stereocenters. The van der Waals surface area contributed by atoms with Gasteiger partial charge in [-0.25, -0.2) is 8.78 Å². The molecule has 0 saturated carbocycles. The van der Waals surface area contributed by atoms with Crippen LogP contribution in [0.1, 0.15) is 22.0 Å². The van der Waals surface area contributed by atoms with Crippen LogP contribution >= 0.6 is 11.3 Å². The molecule has 1 aromatic heterocycles. The van der Waals surface area contributed by atoms with Crippen molar-refractivity contribution >= 4 is 22.9 Å². The Balaban J connectivity index is 1.55. The molecule has 1 aliphatic rings. The molecule has 0 bridgehead atoms. The fraction of sp³-hybridized carbons (Fsp3) is 0.190. The Hall–Kier alpha value is -2.57. The summed E-state index contributed by atoms with van der Waals surface area (Å²) in [4.78, 5) is 16.0. The van der Waals surface area contributed by atoms with Crippen molar-refractivity contribution in [3.63, 3.8) is 0 Å². The zero-order valence-corrected chi connectivity index (χ0v) is 15.3. The molecule has 0 fully saturated rings. The van der Waals surface area contributed by atoms with Crippen molar-refractivity contribution in [3.05, 3.63) is 87.6 Å². The van der Waals surface area contributed by atoms with Gasteiger partial charge in [0.25, 0.3) is 0 Å². The largest absolute Gasteiger partial charge is 0.325 e. The van der Waals surface area contributed by atoms with E-state index in [4.69, 9.17) is 0 Å². The SMILES string of the molecule is O=C(CN1CCc2sccc2[C@H]1c1ccccc1)Nc1ccc(F)c(F)c1. The lowest BCUT2D eigenvalue weighted by Gasteiger charge is -2.35. The van der Waals surface area contributed by atoms with E-state index in [1.54, 1.807) is 11.3 Å². The van der Waals surface area contributed by atoms with Crippen LogP contribution in [0.4, 0.5) is 14.5 Å². The van der Waals surface area contributed by atoms with Gasteiger partial charge in [-0.15, -0.1) is 11.3 Å². The highest BCUT2D eigenvalue weighted by Gasteiger charge is 2.30. The lowest BCUT2D eigenvalue weighted by atomic mass is 9.93. The Morgan fingerprint density at radius 2 is 1.93 bits per heavy atom. The third-order valence-corrected chi connectivity index (χ3v) is 5.73. The summed E-state index contributed by atoms with van der Waals surface area (Å²) in [6.07, 6.45) is 0.898. The van der Waals surface area contributed by atoms with Gasteiger partial charge in [0.15, 0.2) is 11.6 Å². The highest BCUT2D eigenvalue weighted by Crippen LogP contribution is 2.37. The summed E-state index contributed by atoms with van der Waals surface area (Å²) in [6.45, 7) is 0.937. The molecule has 4 rings (SSSR count). The first-order valence-corrected chi connectivity index (χ1v) is 9.60. The second-order valence-corrected chi connectivity index (χ2v) is 7.51. The number of benzene rings is 2. The minimum Gasteiger partial charge on any atom is -0.325 e. The molecule has 1 N–H and O–H groups in total. The maximum Gasteiger partial charge on any atom is 0.238 e. The van der Waals surface area contributed by atoms with Crippen molar-refractivity contribution in [3.8, 4) is 0 Å². The first kappa shape index (κ1) is 17.8. The molecule has 0 saturated heterocycles. The molecule has 27 heavy (non-hydrogen) atoms. The van der Waals surface area contributed by atoms with E-state index in [1.807, 2.05) is 18.2 Å². The second kappa shape index (κ2) is 7.58. The predicted octanol–water partition coefficient (Wildman–Crippen LogP) is 4.61. The lowest BCUT2D eigenvalue weighted by molar-refractivity contribution is -0.117. The van der Waals surface area contributed by atoms with E-state index in [1.165, 1.54) is 16.5 Å². The maximum atomic E-state index is 13.4. The summed E-state index contributed by atoms with van der Waals surface area (Å²) in [5, 5.41) is 4.75. The zero-order valence-electron chi connectivity index (χ0n) is 14.5. The Kier molecular flexibility index (Phi) is 5.01. The standard InChI is InChI=1S/C21H18F2N2OS/c22-17-7-6-15(12-18(17)23)24-20(26)13-25-10-8-19-16(9-11-27-19)21(25)14-4-2-1-3-5-14/h1-7,9,11-12,21H,8,10,13H2,(H,24,26)/t21-/m1/s1. The number of carbonyl (C=O) groups excluding carboxylic acids is 1. The highest BCUT2D eigenvalue weighted by atomic mass is 32.1. The van der Waals surface area contributed by atoms with Gasteiger partial charge in [-0.3, -0.25) is 9.69 Å². The number of amides is 1. The van der Waals surface area contributed by atoms with Crippen molar-refractivity contribution in [2.45, 2.75) is 12.5 Å². The number of rotatable bonds is 4. The third-order valence-electron chi connectivity index (χ3n) is 4.73. The van der Waals surface area contributed by atoms with Crippen molar-refractivity contribution in [1.82, 2.24) is 4.90 Å². The lowest BCUT2D eigenvalue weighted by Crippen LogP contribution is -2.40. The number of nitrogens with zero attached hydrogens (tertiary/aromatic N) is 1. The van der Waals surface area contributed by atoms with Crippen LogP contribution in [0.15, 0.2) is 60.0 Å². The Morgan fingerprint density at radius 1 is 1.11 bits per heavy atom. The number of fused-ring (bicyclic) bond motifs is 1. The number of nitrogens with one attached hydrogen (secondary N) is 1. The normalized spacial score (nSPS) is 16.7. The maximum absolute atomic E-state index is 13.4. The first-order valence-electron chi connectivity index (χ1n) is 8.72. The average molecular weight is 384 g/mol. The van der Waals surface area contributed by atoms with Crippen LogP contribution in [-0.4, -0.2) is 23.9 Å². The average Bonchev–Trinajstić information content (AvgIpc) is 3.14. The topological polar surface area (TPSA) is 32.3 Å². The molecule has 3 nitrogen and oxygen atoms in total. The monoisotopic (exact) mass is 384 g/mol. The number of thiophene rings is 1. The van der Waals surface area contributed by atoms with E-state index < -0.39 is 11.6 Å². The number of hydrogen-bond acceptors (Lipinski definition) is 3. The van der Waals surface area contributed by atoms with Crippen molar-refractivity contribution in [2.24, 2.45) is 0 Å². The minimum absolute atomic E-state index is 0.0110. The van der Waals surface area contributed by atoms with E-state index in [-0.39, 0.29) is 24.2 Å². The summed E-state index contributed by atoms with van der Waals surface area (Å²) in [7, 11) is 0. The van der Waals surface area contributed by atoms with Crippen LogP contribution in [0.25, 0.3) is 0 Å². The fourth-order valence-corrected chi connectivity index (χ4v) is 4.43. The van der Waals surface area contributed by atoms with Gasteiger partial charge in [-0.2, -0.15) is 0 Å². The Bertz CT molecular complexity index is 958. The molecule has 1 atom stereocenters. The van der Waals surface area contributed by atoms with Gasteiger partial charge in [0.1, 0.15) is 0 Å². The van der Waals surface area contributed by atoms with Gasteiger partial charge >= 0.3 is 0 Å². The summed E-state index contributed by atoms with van der Waals surface area (Å²) < 4.78 is 26.4. The number of halogens is 2. The van der Waals surface area contributed by atoms with E-state index in [0.717, 1.165) is 30.7 Å². The molecular weight excluding hydrogens is 366 g/mol. The molecule has 0 radical (unpaired) electrons. The van der Waals surface area contributed by atoms with Crippen LogP contribution in [0.2, 0.25) is 0 Å². The van der Waals surface area contributed by atoms with E-state index in [9.17, 15) is 13.6 Å². The summed E-state index contributed by atoms with van der Waals surface area (Å²) >= 11 is 1.75. The molecule has 6 heteroatoms. The van der Waals surface area contributed by atoms with Crippen LogP contribution in [0.3, 0.4) is 0 Å². The zero-order chi connectivity index (χ0) is 18.8. The van der Waals surface area contributed by atoms with Gasteiger partial charge in [0.2, 0.25) is 5.91 Å². The Morgan fingerprint density at radius 3 is 2.70 bits per heavy atom. The van der Waals surface area contributed by atoms with Gasteiger partial charge in [0, 0.05) is 23.2 Å². The van der Waals surface area contributed by atoms with Gasteiger partial charge in [-0.05, 0) is 41.1 Å². The number of carbonyl (C=O) groups is 1. The van der Waals surface area contributed by atoms with Crippen molar-refractivity contribution in [1.29, 1.82) is 0 Å². The first-order chi connectivity index (χ1) is 13.1. The predicted molar refractivity (Wildman–Crippen MR) is 103 cm³/mol. The molecular formula is C21H18F2N2OS. The van der Waals surface area contributed by atoms with Crippen molar-refractivity contribution < 1.29 is 13.6 Å². The number of anilines is 1. The molecule has 2 heterocycles. The Labute approximate surface area is 160 Å². The van der Waals surface area contributed by atoms with Crippen LogP contribution in [0, 0.1) is 11.6 Å². The van der Waals surface area contributed by atoms with Crippen LogP contribution < -0.4 is 5.32 Å². The molecule has 3 aromatic rings. The molecule has 1 aliphatic heterocycles. The fourth-order valence-electron chi connectivity index (χ4n) is 3.52. The smallest absolute Gasteiger partial charge is 0.238 e. The molecule has 0 aliphatic carbocycles. The van der Waals surface area contributed by atoms with Gasteiger partial charge in [-0.1, -0.05) is 30.3 Å². The van der Waals surface area contributed by atoms with E-state index in [2.05, 4.69) is 33.8 Å². The molecule has 1 amide bonds. The van der Waals surface area contributed by atoms with Crippen LogP contribution in [0.5, 0.6) is 0 Å². The van der Waals surface area contributed by atoms with Crippen molar-refractivity contribution in [2.75, 3.05) is 18.4 Å². The second-order valence-electron chi connectivity index (χ2n) is 6.51. The van der Waals surface area contributed by atoms with E-state index >= 15 is 0 Å². The van der Waals surface area contributed by atoms with Gasteiger partial charge in [0.05, 0.1) is 12.6 Å². The highest BCUT2D eigenvalue weighted by molar-refractivity contribution is 7.10. The summed E-state index contributed by atoms with van der Waals surface area (Å²) in [6, 6.07) is 15.6. The minimum atomic E-state index is -0.976. The summed E-state index contributed by atoms with van der Waals surface area (Å²) in [5.41, 5.74) is 2.62. The number of hydrogen-bond donors (Lipinski definition) is 1. The molecule has 0 spiro atoms. The molecule has 138 valence electrons. The third kappa shape index (κ3) is 3.77. The summed E-state index contributed by atoms with van der Waals surface area (Å²) in [5.74, 6) is -2.16. The molecule has 2 aromatic carbocycles. The van der Waals surface area contributed by atoms with Crippen LogP contribution in [-0.2, 0) is 11.2 Å².